The molecule has 2 unspecified atom stereocenters. The molecule has 90 valence electrons. The molecule has 0 aliphatic heterocycles. The van der Waals surface area contributed by atoms with Crippen LogP contribution in [0.2, 0.25) is 0 Å². The fraction of sp³-hybridized carbons (Fsp3) is 0.231. The zero-order chi connectivity index (χ0) is 12.3. The van der Waals surface area contributed by atoms with Crippen LogP contribution in [0.4, 0.5) is 0 Å². The Labute approximate surface area is 113 Å². The van der Waals surface area contributed by atoms with Crippen molar-refractivity contribution in [2.45, 2.75) is 12.0 Å². The molecular weight excluding hydrogens is 298 g/mol. The third kappa shape index (κ3) is 2.96. The zero-order valence-electron chi connectivity index (χ0n) is 9.21. The van der Waals surface area contributed by atoms with Gasteiger partial charge in [-0.15, -0.1) is 11.3 Å². The van der Waals surface area contributed by atoms with Gasteiger partial charge < -0.3 is 10.8 Å². The molecule has 2 atom stereocenters. The van der Waals surface area contributed by atoms with Crippen LogP contribution in [-0.2, 0) is 0 Å². The monoisotopic (exact) mass is 311 g/mol. The van der Waals surface area contributed by atoms with E-state index in [1.807, 2.05) is 41.8 Å². The van der Waals surface area contributed by atoms with E-state index < -0.39 is 6.10 Å². The third-order valence-corrected chi connectivity index (χ3v) is 4.31. The number of benzene rings is 1. The van der Waals surface area contributed by atoms with Crippen LogP contribution in [0.25, 0.3) is 0 Å². The van der Waals surface area contributed by atoms with Gasteiger partial charge in [0.15, 0.2) is 0 Å². The molecule has 17 heavy (non-hydrogen) atoms. The molecule has 0 bridgehead atoms. The second-order valence-corrected chi connectivity index (χ2v) is 6.17. The number of aliphatic hydroxyl groups is 1. The van der Waals surface area contributed by atoms with Crippen LogP contribution in [0, 0.1) is 0 Å². The second kappa shape index (κ2) is 5.78. The van der Waals surface area contributed by atoms with Crippen LogP contribution < -0.4 is 5.73 Å². The van der Waals surface area contributed by atoms with Crippen molar-refractivity contribution < 1.29 is 5.11 Å². The Morgan fingerprint density at radius 3 is 2.47 bits per heavy atom. The predicted octanol–water partition coefficient (Wildman–Crippen LogP) is 3.29. The van der Waals surface area contributed by atoms with Gasteiger partial charge in [0.1, 0.15) is 0 Å². The van der Waals surface area contributed by atoms with Gasteiger partial charge in [-0.25, -0.2) is 0 Å². The summed E-state index contributed by atoms with van der Waals surface area (Å²) in [6.45, 7) is 0.429. The lowest BCUT2D eigenvalue weighted by atomic mass is 9.90. The lowest BCUT2D eigenvalue weighted by Gasteiger charge is -2.21. The molecule has 1 aromatic heterocycles. The van der Waals surface area contributed by atoms with Gasteiger partial charge in [-0.1, -0.05) is 30.3 Å². The van der Waals surface area contributed by atoms with E-state index in [1.54, 1.807) is 11.3 Å². The van der Waals surface area contributed by atoms with Gasteiger partial charge in [-0.05, 0) is 38.5 Å². The van der Waals surface area contributed by atoms with Crippen molar-refractivity contribution in [2.24, 2.45) is 5.73 Å². The van der Waals surface area contributed by atoms with Crippen LogP contribution in [0.15, 0.2) is 45.6 Å². The normalized spacial score (nSPS) is 14.5. The molecule has 0 aliphatic rings. The van der Waals surface area contributed by atoms with E-state index >= 15 is 0 Å². The van der Waals surface area contributed by atoms with E-state index in [0.717, 1.165) is 14.9 Å². The highest BCUT2D eigenvalue weighted by Crippen LogP contribution is 2.33. The van der Waals surface area contributed by atoms with Gasteiger partial charge in [0.25, 0.3) is 0 Å². The second-order valence-electron chi connectivity index (χ2n) is 3.88. The van der Waals surface area contributed by atoms with Crippen LogP contribution in [0.3, 0.4) is 0 Å². The molecule has 3 N–H and O–H groups in total. The van der Waals surface area contributed by atoms with E-state index in [1.165, 1.54) is 0 Å². The molecule has 0 saturated heterocycles. The molecule has 0 amide bonds. The summed E-state index contributed by atoms with van der Waals surface area (Å²) in [6.07, 6.45) is -0.551. The zero-order valence-corrected chi connectivity index (χ0v) is 11.6. The van der Waals surface area contributed by atoms with Crippen molar-refractivity contribution in [3.63, 3.8) is 0 Å². The van der Waals surface area contributed by atoms with Gasteiger partial charge >= 0.3 is 0 Å². The van der Waals surface area contributed by atoms with Crippen LogP contribution in [0.1, 0.15) is 23.1 Å². The standard InChI is InChI=1S/C13H14BrNOS/c14-12-6-10(8-17-12)13(16)11(7-15)9-4-2-1-3-5-9/h1-6,8,11,13,16H,7,15H2. The number of hydrogen-bond donors (Lipinski definition) is 2. The van der Waals surface area contributed by atoms with E-state index in [-0.39, 0.29) is 5.92 Å². The van der Waals surface area contributed by atoms with Crippen molar-refractivity contribution in [3.8, 4) is 0 Å². The molecule has 0 aliphatic carbocycles. The molecule has 1 heterocycles. The smallest absolute Gasteiger partial charge is 0.0879 e. The minimum Gasteiger partial charge on any atom is -0.388 e. The highest BCUT2D eigenvalue weighted by atomic mass is 79.9. The number of thiophene rings is 1. The molecule has 2 nitrogen and oxygen atoms in total. The topological polar surface area (TPSA) is 46.2 Å². The maximum atomic E-state index is 10.4. The fourth-order valence-corrected chi connectivity index (χ4v) is 3.06. The van der Waals surface area contributed by atoms with Gasteiger partial charge in [0, 0.05) is 12.5 Å². The molecule has 1 aromatic carbocycles. The first-order valence-corrected chi connectivity index (χ1v) is 7.06. The van der Waals surface area contributed by atoms with Crippen LogP contribution in [0.5, 0.6) is 0 Å². The summed E-state index contributed by atoms with van der Waals surface area (Å²) in [5.74, 6) is -0.0577. The van der Waals surface area contributed by atoms with Crippen molar-refractivity contribution >= 4 is 27.3 Å². The lowest BCUT2D eigenvalue weighted by molar-refractivity contribution is 0.148. The Hall–Kier alpha value is -0.680. The first-order valence-electron chi connectivity index (χ1n) is 5.39. The van der Waals surface area contributed by atoms with E-state index in [2.05, 4.69) is 15.9 Å². The summed E-state index contributed by atoms with van der Waals surface area (Å²) >= 11 is 4.98. The Balaban J connectivity index is 2.25. The Kier molecular flexibility index (Phi) is 4.34. The van der Waals surface area contributed by atoms with Crippen LogP contribution >= 0.6 is 27.3 Å². The summed E-state index contributed by atoms with van der Waals surface area (Å²) in [7, 11) is 0. The number of rotatable bonds is 4. The highest BCUT2D eigenvalue weighted by molar-refractivity contribution is 9.11. The third-order valence-electron chi connectivity index (χ3n) is 2.79. The molecule has 0 saturated carbocycles. The molecule has 4 heteroatoms. The van der Waals surface area contributed by atoms with E-state index in [0.29, 0.717) is 6.54 Å². The summed E-state index contributed by atoms with van der Waals surface area (Å²) in [6, 6.07) is 11.8. The van der Waals surface area contributed by atoms with Gasteiger partial charge in [-0.3, -0.25) is 0 Å². The quantitative estimate of drug-likeness (QED) is 0.910. The molecule has 2 rings (SSSR count). The largest absolute Gasteiger partial charge is 0.388 e. The number of hydrogen-bond acceptors (Lipinski definition) is 3. The predicted molar refractivity (Wildman–Crippen MR) is 75.2 cm³/mol. The lowest BCUT2D eigenvalue weighted by Crippen LogP contribution is -2.19. The number of halogens is 1. The number of nitrogens with two attached hydrogens (primary N) is 1. The molecule has 2 aromatic rings. The van der Waals surface area contributed by atoms with Gasteiger partial charge in [-0.2, -0.15) is 0 Å². The summed E-state index contributed by atoms with van der Waals surface area (Å²) < 4.78 is 1.02. The summed E-state index contributed by atoms with van der Waals surface area (Å²) in [4.78, 5) is 0. The Morgan fingerprint density at radius 1 is 1.24 bits per heavy atom. The Bertz CT molecular complexity index is 471. The fourth-order valence-electron chi connectivity index (χ4n) is 1.86. The van der Waals surface area contributed by atoms with Gasteiger partial charge in [0.05, 0.1) is 9.89 Å². The first kappa shape index (κ1) is 12.8. The highest BCUT2D eigenvalue weighted by Gasteiger charge is 2.22. The minimum absolute atomic E-state index is 0.0577. The minimum atomic E-state index is -0.551. The van der Waals surface area contributed by atoms with E-state index in [9.17, 15) is 5.11 Å². The molecule has 0 radical (unpaired) electrons. The first-order chi connectivity index (χ1) is 8.22. The number of aliphatic hydroxyl groups excluding tert-OH is 1. The maximum Gasteiger partial charge on any atom is 0.0879 e. The molecular formula is C13H14BrNOS. The summed E-state index contributed by atoms with van der Waals surface area (Å²) in [5, 5.41) is 12.3. The average Bonchev–Trinajstić information content (AvgIpc) is 2.78. The van der Waals surface area contributed by atoms with Crippen molar-refractivity contribution in [1.82, 2.24) is 0 Å². The van der Waals surface area contributed by atoms with Crippen LogP contribution in [-0.4, -0.2) is 11.7 Å². The summed E-state index contributed by atoms with van der Waals surface area (Å²) in [5.41, 5.74) is 7.77. The van der Waals surface area contributed by atoms with Crippen molar-refractivity contribution in [2.75, 3.05) is 6.54 Å². The van der Waals surface area contributed by atoms with Gasteiger partial charge in [0.2, 0.25) is 0 Å². The SMILES string of the molecule is NCC(c1ccccc1)C(O)c1csc(Br)c1. The maximum absolute atomic E-state index is 10.4. The molecule has 0 spiro atoms. The average molecular weight is 312 g/mol. The Morgan fingerprint density at radius 2 is 1.94 bits per heavy atom. The van der Waals surface area contributed by atoms with Crippen molar-refractivity contribution in [1.29, 1.82) is 0 Å². The van der Waals surface area contributed by atoms with Crippen molar-refractivity contribution in [3.05, 3.63) is 56.7 Å². The molecule has 0 fully saturated rings. The van der Waals surface area contributed by atoms with E-state index in [4.69, 9.17) is 5.73 Å².